The number of hydrogen-bond acceptors (Lipinski definition) is 4. The molecule has 0 aromatic heterocycles. The van der Waals surface area contributed by atoms with E-state index < -0.39 is 11.4 Å². The molecule has 1 rings (SSSR count). The van der Waals surface area contributed by atoms with Gasteiger partial charge in [0.25, 0.3) is 0 Å². The van der Waals surface area contributed by atoms with Crippen LogP contribution < -0.4 is 0 Å². The van der Waals surface area contributed by atoms with Crippen LogP contribution >= 0.6 is 0 Å². The van der Waals surface area contributed by atoms with Crippen molar-refractivity contribution in [3.05, 3.63) is 0 Å². The van der Waals surface area contributed by atoms with Crippen molar-refractivity contribution in [3.63, 3.8) is 0 Å². The number of aliphatic hydroxyl groups is 2. The Hall–Kier alpha value is -0.810. The molecule has 1 heterocycles. The van der Waals surface area contributed by atoms with E-state index in [-0.39, 0.29) is 6.09 Å². The number of carbonyl (C=O) groups excluding carboxylic acids is 1. The van der Waals surface area contributed by atoms with E-state index in [0.29, 0.717) is 25.8 Å². The smallest absolute Gasteiger partial charge is 0.410 e. The number of ether oxygens (including phenoxy) is 1. The molecule has 0 unspecified atom stereocenters. The van der Waals surface area contributed by atoms with E-state index in [1.165, 1.54) is 0 Å². The summed E-state index contributed by atoms with van der Waals surface area (Å²) in [5, 5.41) is 19.7. The van der Waals surface area contributed by atoms with Gasteiger partial charge in [-0.2, -0.15) is 0 Å². The van der Waals surface area contributed by atoms with Crippen LogP contribution in [0.5, 0.6) is 0 Å². The molecule has 1 amide bonds. The second-order valence-corrected chi connectivity index (χ2v) is 7.07. The molecule has 0 spiro atoms. The highest BCUT2D eigenvalue weighted by atomic mass is 16.6. The van der Waals surface area contributed by atoms with Crippen LogP contribution in [0.1, 0.15) is 72.1 Å². The highest BCUT2D eigenvalue weighted by molar-refractivity contribution is 5.68. The summed E-state index contributed by atoms with van der Waals surface area (Å²) in [6.45, 7) is 6.94. The molecule has 5 heteroatoms. The summed E-state index contributed by atoms with van der Waals surface area (Å²) in [4.78, 5) is 13.9. The van der Waals surface area contributed by atoms with Crippen LogP contribution in [0.15, 0.2) is 0 Å². The topological polar surface area (TPSA) is 70.0 Å². The van der Waals surface area contributed by atoms with Crippen molar-refractivity contribution in [2.45, 2.75) is 83.5 Å². The van der Waals surface area contributed by atoms with E-state index in [2.05, 4.69) is 0 Å². The average Bonchev–Trinajstić information content (AvgIpc) is 2.31. The minimum Gasteiger partial charge on any atom is -0.444 e. The van der Waals surface area contributed by atoms with Crippen LogP contribution in [0, 0.1) is 0 Å². The molecule has 0 aliphatic carbocycles. The van der Waals surface area contributed by atoms with Crippen molar-refractivity contribution in [2.24, 2.45) is 0 Å². The molecule has 1 fully saturated rings. The quantitative estimate of drug-likeness (QED) is 0.675. The zero-order valence-corrected chi connectivity index (χ0v) is 13.7. The Morgan fingerprint density at radius 1 is 0.952 bits per heavy atom. The molecule has 21 heavy (non-hydrogen) atoms. The highest BCUT2D eigenvalue weighted by Crippen LogP contribution is 2.21. The van der Waals surface area contributed by atoms with Gasteiger partial charge in [0.15, 0.2) is 5.79 Å². The molecule has 1 saturated heterocycles. The van der Waals surface area contributed by atoms with Crippen LogP contribution in [0.3, 0.4) is 0 Å². The van der Waals surface area contributed by atoms with Gasteiger partial charge in [0, 0.05) is 25.9 Å². The Bertz CT molecular complexity index is 323. The molecule has 2 N–H and O–H groups in total. The lowest BCUT2D eigenvalue weighted by atomic mass is 10.00. The largest absolute Gasteiger partial charge is 0.444 e. The van der Waals surface area contributed by atoms with Crippen LogP contribution in [0.2, 0.25) is 0 Å². The van der Waals surface area contributed by atoms with Gasteiger partial charge < -0.3 is 19.8 Å². The summed E-state index contributed by atoms with van der Waals surface area (Å²) in [5.74, 6) is -1.55. The highest BCUT2D eigenvalue weighted by Gasteiger charge is 2.24. The number of rotatable bonds is 0. The maximum Gasteiger partial charge on any atom is 0.410 e. The van der Waals surface area contributed by atoms with Crippen LogP contribution in [0.4, 0.5) is 4.79 Å². The Balaban J connectivity index is 2.54. The zero-order chi connectivity index (χ0) is 15.9. The number of nitrogens with zero attached hydrogens (tertiary/aromatic N) is 1. The molecular weight excluding hydrogens is 270 g/mol. The summed E-state index contributed by atoms with van der Waals surface area (Å²) in [6, 6.07) is 0. The molecule has 5 nitrogen and oxygen atoms in total. The van der Waals surface area contributed by atoms with Gasteiger partial charge in [-0.15, -0.1) is 0 Å². The molecule has 1 aliphatic rings. The van der Waals surface area contributed by atoms with Crippen molar-refractivity contribution >= 4 is 6.09 Å². The minimum absolute atomic E-state index is 0.265. The molecule has 0 atom stereocenters. The first-order chi connectivity index (χ1) is 9.70. The predicted molar refractivity (Wildman–Crippen MR) is 81.9 cm³/mol. The van der Waals surface area contributed by atoms with Crippen molar-refractivity contribution in [1.82, 2.24) is 4.90 Å². The molecule has 124 valence electrons. The normalized spacial score (nSPS) is 22.0. The third-order valence-electron chi connectivity index (χ3n) is 3.66. The lowest BCUT2D eigenvalue weighted by Gasteiger charge is -2.28. The lowest BCUT2D eigenvalue weighted by Crippen LogP contribution is -2.38. The summed E-state index contributed by atoms with van der Waals surface area (Å²) in [7, 11) is 0. The number of carbonyl (C=O) groups is 1. The van der Waals surface area contributed by atoms with E-state index in [9.17, 15) is 15.0 Å². The van der Waals surface area contributed by atoms with Gasteiger partial charge >= 0.3 is 6.09 Å². The van der Waals surface area contributed by atoms with Gasteiger partial charge in [0.05, 0.1) is 0 Å². The predicted octanol–water partition coefficient (Wildman–Crippen LogP) is 3.04. The minimum atomic E-state index is -1.55. The fourth-order valence-electron chi connectivity index (χ4n) is 2.52. The molecule has 0 saturated carbocycles. The molecular formula is C16H31NO4. The van der Waals surface area contributed by atoms with Crippen molar-refractivity contribution in [2.75, 3.05) is 13.1 Å². The first-order valence-corrected chi connectivity index (χ1v) is 8.12. The third-order valence-corrected chi connectivity index (χ3v) is 3.66. The SMILES string of the molecule is CC(C)(C)OC(=O)N1CCCCCCC(O)(O)CCCC1. The van der Waals surface area contributed by atoms with E-state index in [1.807, 2.05) is 20.8 Å². The molecule has 0 bridgehead atoms. The van der Waals surface area contributed by atoms with Crippen LogP contribution in [0.25, 0.3) is 0 Å². The first-order valence-electron chi connectivity index (χ1n) is 8.12. The summed E-state index contributed by atoms with van der Waals surface area (Å²) < 4.78 is 5.43. The fourth-order valence-corrected chi connectivity index (χ4v) is 2.52. The summed E-state index contributed by atoms with van der Waals surface area (Å²) >= 11 is 0. The van der Waals surface area contributed by atoms with Gasteiger partial charge in [-0.25, -0.2) is 4.79 Å². The van der Waals surface area contributed by atoms with Gasteiger partial charge in [0.2, 0.25) is 0 Å². The summed E-state index contributed by atoms with van der Waals surface area (Å²) in [6.07, 6.45) is 5.73. The Morgan fingerprint density at radius 2 is 1.43 bits per heavy atom. The second-order valence-electron chi connectivity index (χ2n) is 7.07. The molecule has 0 aromatic rings. The van der Waals surface area contributed by atoms with Crippen LogP contribution in [-0.4, -0.2) is 45.7 Å². The first kappa shape index (κ1) is 18.2. The van der Waals surface area contributed by atoms with E-state index in [1.54, 1.807) is 4.90 Å². The van der Waals surface area contributed by atoms with Crippen molar-refractivity contribution < 1.29 is 19.7 Å². The fraction of sp³-hybridized carbons (Fsp3) is 0.938. The number of amides is 1. The average molecular weight is 301 g/mol. The molecule has 0 radical (unpaired) electrons. The van der Waals surface area contributed by atoms with Gasteiger partial charge in [-0.1, -0.05) is 12.8 Å². The Kier molecular flexibility index (Phi) is 6.94. The van der Waals surface area contributed by atoms with E-state index in [0.717, 1.165) is 38.6 Å². The molecule has 1 aliphatic heterocycles. The van der Waals surface area contributed by atoms with Crippen molar-refractivity contribution in [1.29, 1.82) is 0 Å². The second kappa shape index (κ2) is 7.99. The van der Waals surface area contributed by atoms with Gasteiger partial charge in [0.1, 0.15) is 5.60 Å². The summed E-state index contributed by atoms with van der Waals surface area (Å²) in [5.41, 5.74) is -0.480. The van der Waals surface area contributed by atoms with Gasteiger partial charge in [-0.3, -0.25) is 0 Å². The standard InChI is InChI=1S/C16H31NO4/c1-15(2,3)21-14(18)17-12-8-5-4-6-10-16(19,20)11-7-9-13-17/h19-20H,4-13H2,1-3H3. The Morgan fingerprint density at radius 3 is 2.00 bits per heavy atom. The van der Waals surface area contributed by atoms with E-state index in [4.69, 9.17) is 4.74 Å². The maximum absolute atomic E-state index is 12.2. The van der Waals surface area contributed by atoms with Crippen LogP contribution in [-0.2, 0) is 4.74 Å². The van der Waals surface area contributed by atoms with Gasteiger partial charge in [-0.05, 0) is 46.5 Å². The maximum atomic E-state index is 12.2. The molecule has 0 aromatic carbocycles. The zero-order valence-electron chi connectivity index (χ0n) is 13.7. The Labute approximate surface area is 128 Å². The monoisotopic (exact) mass is 301 g/mol. The number of hydrogen-bond donors (Lipinski definition) is 2. The van der Waals surface area contributed by atoms with E-state index >= 15 is 0 Å². The lowest BCUT2D eigenvalue weighted by molar-refractivity contribution is -0.172. The third kappa shape index (κ3) is 8.27. The van der Waals surface area contributed by atoms with Crippen molar-refractivity contribution in [3.8, 4) is 0 Å².